The second kappa shape index (κ2) is 5.48. The van der Waals surface area contributed by atoms with Gasteiger partial charge in [-0.15, -0.1) is 0 Å². The number of aryl methyl sites for hydroxylation is 2. The maximum absolute atomic E-state index is 2.45. The summed E-state index contributed by atoms with van der Waals surface area (Å²) in [5, 5.41) is 2.85. The molecule has 0 aromatic heterocycles. The van der Waals surface area contributed by atoms with Gasteiger partial charge in [-0.25, -0.2) is 0 Å². The van der Waals surface area contributed by atoms with Crippen molar-refractivity contribution < 1.29 is 0 Å². The molecular weight excluding hydrogens is 288 g/mol. The molecule has 0 saturated heterocycles. The number of fused-ring (bicyclic) bond motifs is 2. The van der Waals surface area contributed by atoms with Crippen molar-refractivity contribution in [2.75, 3.05) is 0 Å². The quantitative estimate of drug-likeness (QED) is 0.760. The number of allylic oxidation sites excluding steroid dienone is 8. The van der Waals surface area contributed by atoms with E-state index in [1.807, 2.05) is 0 Å². The predicted octanol–water partition coefficient (Wildman–Crippen LogP) is 4.67. The van der Waals surface area contributed by atoms with E-state index in [0.29, 0.717) is 0 Å². The summed E-state index contributed by atoms with van der Waals surface area (Å²) in [5.41, 5.74) is 8.91. The van der Waals surface area contributed by atoms with Crippen LogP contribution in [0.3, 0.4) is 0 Å². The smallest absolute Gasteiger partial charge is 0.0113 e. The van der Waals surface area contributed by atoms with Crippen LogP contribution < -0.4 is 10.4 Å². The van der Waals surface area contributed by atoms with Crippen LogP contribution in [0.4, 0.5) is 0 Å². The summed E-state index contributed by atoms with van der Waals surface area (Å²) < 4.78 is 0. The lowest BCUT2D eigenvalue weighted by Gasteiger charge is -2.34. The van der Waals surface area contributed by atoms with Gasteiger partial charge in [-0.2, -0.15) is 0 Å². The fourth-order valence-electron chi connectivity index (χ4n) is 4.45. The summed E-state index contributed by atoms with van der Waals surface area (Å²) >= 11 is 0. The van der Waals surface area contributed by atoms with Crippen molar-refractivity contribution in [2.45, 2.75) is 47.0 Å². The molecule has 0 fully saturated rings. The van der Waals surface area contributed by atoms with Gasteiger partial charge in [0.25, 0.3) is 0 Å². The molecule has 3 aliphatic rings. The molecule has 0 N–H and O–H groups in total. The standard InChI is InChI=1S/C24H26/c1-5-17-13-16(3)22-19(14-17)15-21-20(22)11-12-24(4,6-2)23(21)18-9-7-8-10-18/h7-9,11-15H,5-6,10H2,1-4H3. The molecule has 1 atom stereocenters. The predicted molar refractivity (Wildman–Crippen MR) is 104 cm³/mol. The monoisotopic (exact) mass is 314 g/mol. The minimum Gasteiger partial charge on any atom is -0.0801 e. The molecule has 0 aliphatic heterocycles. The molecule has 1 unspecified atom stereocenters. The topological polar surface area (TPSA) is 0 Å². The minimum absolute atomic E-state index is 0.136. The molecule has 3 aliphatic carbocycles. The third-order valence-corrected chi connectivity index (χ3v) is 5.98. The summed E-state index contributed by atoms with van der Waals surface area (Å²) in [4.78, 5) is 0. The van der Waals surface area contributed by atoms with Crippen LogP contribution in [0.5, 0.6) is 0 Å². The number of hydrogen-bond acceptors (Lipinski definition) is 0. The maximum Gasteiger partial charge on any atom is 0.0113 e. The Balaban J connectivity index is 2.06. The van der Waals surface area contributed by atoms with E-state index in [9.17, 15) is 0 Å². The van der Waals surface area contributed by atoms with Crippen molar-refractivity contribution in [3.63, 3.8) is 0 Å². The van der Waals surface area contributed by atoms with Crippen molar-refractivity contribution >= 4 is 11.6 Å². The average molecular weight is 314 g/mol. The van der Waals surface area contributed by atoms with Gasteiger partial charge in [0, 0.05) is 5.41 Å². The van der Waals surface area contributed by atoms with E-state index >= 15 is 0 Å². The maximum atomic E-state index is 2.45. The summed E-state index contributed by atoms with van der Waals surface area (Å²) in [7, 11) is 0. The normalized spacial score (nSPS) is 24.2. The molecule has 4 rings (SSSR count). The van der Waals surface area contributed by atoms with E-state index in [2.05, 4.69) is 76.3 Å². The van der Waals surface area contributed by atoms with Gasteiger partial charge >= 0.3 is 0 Å². The molecule has 122 valence electrons. The number of hydrogen-bond donors (Lipinski definition) is 0. The summed E-state index contributed by atoms with van der Waals surface area (Å²) in [6, 6.07) is 4.75. The molecule has 1 aromatic rings. The largest absolute Gasteiger partial charge is 0.0801 e. The number of benzene rings is 1. The molecule has 0 heterocycles. The second-order valence-corrected chi connectivity index (χ2v) is 7.51. The highest BCUT2D eigenvalue weighted by atomic mass is 14.4. The van der Waals surface area contributed by atoms with Crippen LogP contribution in [0.25, 0.3) is 11.6 Å². The SMILES string of the molecule is CCc1cc(C)c2c(c1)=CC1=C(C3=CC=CC3)C(C)(CC)C=CC=21. The van der Waals surface area contributed by atoms with Gasteiger partial charge in [0.2, 0.25) is 0 Å². The third-order valence-electron chi connectivity index (χ3n) is 5.98. The third kappa shape index (κ3) is 2.13. The zero-order valence-electron chi connectivity index (χ0n) is 15.2. The first-order chi connectivity index (χ1) is 11.6. The Bertz CT molecular complexity index is 960. The van der Waals surface area contributed by atoms with Gasteiger partial charge in [-0.05, 0) is 76.1 Å². The van der Waals surface area contributed by atoms with E-state index < -0.39 is 0 Å². The first-order valence-corrected chi connectivity index (χ1v) is 9.23. The summed E-state index contributed by atoms with van der Waals surface area (Å²) in [6.45, 7) is 9.20. The van der Waals surface area contributed by atoms with Gasteiger partial charge in [0.1, 0.15) is 0 Å². The van der Waals surface area contributed by atoms with Crippen LogP contribution in [0, 0.1) is 12.3 Å². The van der Waals surface area contributed by atoms with Crippen LogP contribution in [-0.4, -0.2) is 0 Å². The highest BCUT2D eigenvalue weighted by Gasteiger charge is 2.34. The zero-order valence-corrected chi connectivity index (χ0v) is 15.2. The minimum atomic E-state index is 0.136. The highest BCUT2D eigenvalue weighted by molar-refractivity contribution is 5.92. The highest BCUT2D eigenvalue weighted by Crippen LogP contribution is 2.47. The second-order valence-electron chi connectivity index (χ2n) is 7.51. The van der Waals surface area contributed by atoms with Gasteiger partial charge in [0.15, 0.2) is 0 Å². The van der Waals surface area contributed by atoms with Crippen molar-refractivity contribution in [2.24, 2.45) is 5.41 Å². The van der Waals surface area contributed by atoms with Gasteiger partial charge in [-0.3, -0.25) is 0 Å². The molecule has 1 aromatic carbocycles. The van der Waals surface area contributed by atoms with Crippen molar-refractivity contribution in [1.82, 2.24) is 0 Å². The molecule has 0 bridgehead atoms. The van der Waals surface area contributed by atoms with E-state index in [0.717, 1.165) is 19.3 Å². The van der Waals surface area contributed by atoms with E-state index in [-0.39, 0.29) is 5.41 Å². The summed E-state index contributed by atoms with van der Waals surface area (Å²) in [6.07, 6.45) is 17.4. The van der Waals surface area contributed by atoms with E-state index in [1.54, 1.807) is 5.57 Å². The Morgan fingerprint density at radius 3 is 2.62 bits per heavy atom. The van der Waals surface area contributed by atoms with Crippen LogP contribution in [-0.2, 0) is 6.42 Å². The Morgan fingerprint density at radius 2 is 1.96 bits per heavy atom. The van der Waals surface area contributed by atoms with Gasteiger partial charge in [0.05, 0.1) is 0 Å². The van der Waals surface area contributed by atoms with Crippen molar-refractivity contribution in [3.8, 4) is 0 Å². The van der Waals surface area contributed by atoms with Gasteiger partial charge in [-0.1, -0.05) is 63.3 Å². The van der Waals surface area contributed by atoms with E-state index in [4.69, 9.17) is 0 Å². The molecule has 0 amide bonds. The fraction of sp³-hybridized carbons (Fsp3) is 0.333. The number of rotatable bonds is 3. The zero-order chi connectivity index (χ0) is 16.9. The molecular formula is C24H26. The van der Waals surface area contributed by atoms with Gasteiger partial charge < -0.3 is 0 Å². The van der Waals surface area contributed by atoms with Crippen LogP contribution in [0.15, 0.2) is 59.2 Å². The average Bonchev–Trinajstić information content (AvgIpc) is 3.21. The molecule has 0 radical (unpaired) electrons. The lowest BCUT2D eigenvalue weighted by atomic mass is 9.69. The molecule has 0 heteroatoms. The Kier molecular flexibility index (Phi) is 3.53. The Morgan fingerprint density at radius 1 is 1.12 bits per heavy atom. The first kappa shape index (κ1) is 15.4. The Hall–Kier alpha value is -2.08. The lowest BCUT2D eigenvalue weighted by molar-refractivity contribution is 0.495. The van der Waals surface area contributed by atoms with Crippen molar-refractivity contribution in [3.05, 3.63) is 80.8 Å². The van der Waals surface area contributed by atoms with Crippen LogP contribution >= 0.6 is 0 Å². The molecule has 0 saturated carbocycles. The van der Waals surface area contributed by atoms with Crippen LogP contribution in [0.1, 0.15) is 44.7 Å². The molecule has 0 spiro atoms. The summed E-state index contributed by atoms with van der Waals surface area (Å²) in [5.74, 6) is 0. The van der Waals surface area contributed by atoms with E-state index in [1.165, 1.54) is 38.3 Å². The van der Waals surface area contributed by atoms with Crippen LogP contribution in [0.2, 0.25) is 0 Å². The lowest BCUT2D eigenvalue weighted by Crippen LogP contribution is -2.27. The van der Waals surface area contributed by atoms with Crippen molar-refractivity contribution in [1.29, 1.82) is 0 Å². The fourth-order valence-corrected chi connectivity index (χ4v) is 4.45. The molecule has 0 nitrogen and oxygen atoms in total. The molecule has 24 heavy (non-hydrogen) atoms. The Labute approximate surface area is 145 Å². The first-order valence-electron chi connectivity index (χ1n) is 9.23.